The minimum Gasteiger partial charge on any atom is -0.311 e. The molecule has 2 heteroatoms. The molecule has 0 saturated carbocycles. The van der Waals surface area contributed by atoms with Crippen LogP contribution in [0.4, 0.5) is 0 Å². The molecule has 1 aromatic heterocycles. The van der Waals surface area contributed by atoms with Gasteiger partial charge in [0.1, 0.15) is 0 Å². The van der Waals surface area contributed by atoms with Gasteiger partial charge in [0.25, 0.3) is 0 Å². The lowest BCUT2D eigenvalue weighted by Crippen LogP contribution is -2.24. The molecule has 0 saturated heterocycles. The molecule has 0 aliphatic carbocycles. The lowest BCUT2D eigenvalue weighted by Gasteiger charge is -2.10. The first-order valence-electron chi connectivity index (χ1n) is 6.96. The summed E-state index contributed by atoms with van der Waals surface area (Å²) in [6.45, 7) is 7.51. The van der Waals surface area contributed by atoms with Gasteiger partial charge in [0, 0.05) is 24.2 Å². The molecule has 0 aliphatic rings. The van der Waals surface area contributed by atoms with Crippen LogP contribution in [0, 0.1) is 0 Å². The van der Waals surface area contributed by atoms with Gasteiger partial charge in [-0.15, -0.1) is 0 Å². The van der Waals surface area contributed by atoms with Gasteiger partial charge >= 0.3 is 0 Å². The SMILES string of the molecule is CCC(=Cc1ccc2ncccc2c1)CNC(C)C. The summed E-state index contributed by atoms with van der Waals surface area (Å²) in [6.07, 6.45) is 5.19. The summed E-state index contributed by atoms with van der Waals surface area (Å²) in [5, 5.41) is 4.67. The van der Waals surface area contributed by atoms with E-state index in [0.717, 1.165) is 18.5 Å². The van der Waals surface area contributed by atoms with Gasteiger partial charge in [0.2, 0.25) is 0 Å². The monoisotopic (exact) mass is 254 g/mol. The Hall–Kier alpha value is -1.67. The third-order valence-corrected chi connectivity index (χ3v) is 3.19. The molecule has 0 spiro atoms. The first-order valence-corrected chi connectivity index (χ1v) is 6.96. The molecule has 0 radical (unpaired) electrons. The molecule has 1 aromatic carbocycles. The molecule has 2 aromatic rings. The Labute approximate surface area is 115 Å². The standard InChI is InChI=1S/C17H22N2/c1-4-14(12-19-13(2)3)10-15-7-8-17-16(11-15)6-5-9-18-17/h5-11,13,19H,4,12H2,1-3H3. The van der Waals surface area contributed by atoms with Gasteiger partial charge in [-0.2, -0.15) is 0 Å². The van der Waals surface area contributed by atoms with Crippen LogP contribution >= 0.6 is 0 Å². The van der Waals surface area contributed by atoms with Crippen LogP contribution in [-0.2, 0) is 0 Å². The molecule has 100 valence electrons. The number of pyridine rings is 1. The Morgan fingerprint density at radius 3 is 2.89 bits per heavy atom. The minimum atomic E-state index is 0.524. The van der Waals surface area contributed by atoms with Crippen molar-refractivity contribution in [3.63, 3.8) is 0 Å². The summed E-state index contributed by atoms with van der Waals surface area (Å²) in [7, 11) is 0. The van der Waals surface area contributed by atoms with E-state index >= 15 is 0 Å². The lowest BCUT2D eigenvalue weighted by atomic mass is 10.1. The smallest absolute Gasteiger partial charge is 0.0702 e. The van der Waals surface area contributed by atoms with Crippen LogP contribution in [0.5, 0.6) is 0 Å². The zero-order valence-electron chi connectivity index (χ0n) is 12.0. The Morgan fingerprint density at radius 1 is 1.32 bits per heavy atom. The highest BCUT2D eigenvalue weighted by Gasteiger charge is 1.99. The third kappa shape index (κ3) is 3.90. The molecule has 0 aliphatic heterocycles. The largest absolute Gasteiger partial charge is 0.311 e. The van der Waals surface area contributed by atoms with Crippen molar-refractivity contribution in [2.24, 2.45) is 0 Å². The first-order chi connectivity index (χ1) is 9.19. The number of benzene rings is 1. The third-order valence-electron chi connectivity index (χ3n) is 3.19. The fraction of sp³-hybridized carbons (Fsp3) is 0.353. The normalized spacial score (nSPS) is 12.3. The Morgan fingerprint density at radius 2 is 2.16 bits per heavy atom. The van der Waals surface area contributed by atoms with E-state index in [1.165, 1.54) is 16.5 Å². The minimum absolute atomic E-state index is 0.524. The molecule has 19 heavy (non-hydrogen) atoms. The van der Waals surface area contributed by atoms with Crippen molar-refractivity contribution in [3.05, 3.63) is 47.7 Å². The van der Waals surface area contributed by atoms with Crippen LogP contribution in [0.2, 0.25) is 0 Å². The molecule has 0 bridgehead atoms. The highest BCUT2D eigenvalue weighted by molar-refractivity contribution is 5.81. The predicted octanol–water partition coefficient (Wildman–Crippen LogP) is 4.03. The molecule has 0 atom stereocenters. The van der Waals surface area contributed by atoms with Gasteiger partial charge in [0.15, 0.2) is 0 Å². The van der Waals surface area contributed by atoms with Crippen molar-refractivity contribution in [1.82, 2.24) is 10.3 Å². The molecule has 0 amide bonds. The second kappa shape index (κ2) is 6.48. The Kier molecular flexibility index (Phi) is 4.69. The van der Waals surface area contributed by atoms with E-state index < -0.39 is 0 Å². The highest BCUT2D eigenvalue weighted by atomic mass is 14.9. The number of hydrogen-bond donors (Lipinski definition) is 1. The van der Waals surface area contributed by atoms with Gasteiger partial charge in [-0.25, -0.2) is 0 Å². The first kappa shape index (κ1) is 13.8. The summed E-state index contributed by atoms with van der Waals surface area (Å²) >= 11 is 0. The number of fused-ring (bicyclic) bond motifs is 1. The van der Waals surface area contributed by atoms with Crippen molar-refractivity contribution in [1.29, 1.82) is 0 Å². The number of nitrogens with zero attached hydrogens (tertiary/aromatic N) is 1. The van der Waals surface area contributed by atoms with E-state index in [4.69, 9.17) is 0 Å². The van der Waals surface area contributed by atoms with Gasteiger partial charge in [0.05, 0.1) is 5.52 Å². The molecule has 1 heterocycles. The molecule has 1 N–H and O–H groups in total. The van der Waals surface area contributed by atoms with E-state index in [1.807, 2.05) is 12.3 Å². The maximum Gasteiger partial charge on any atom is 0.0702 e. The number of nitrogens with one attached hydrogen (secondary N) is 1. The van der Waals surface area contributed by atoms with Crippen LogP contribution in [0.1, 0.15) is 32.8 Å². The lowest BCUT2D eigenvalue weighted by molar-refractivity contribution is 0.617. The van der Waals surface area contributed by atoms with E-state index in [2.05, 4.69) is 61.4 Å². The summed E-state index contributed by atoms with van der Waals surface area (Å²) in [4.78, 5) is 4.35. The van der Waals surface area contributed by atoms with E-state index in [9.17, 15) is 0 Å². The predicted molar refractivity (Wildman–Crippen MR) is 83.1 cm³/mol. The van der Waals surface area contributed by atoms with Crippen molar-refractivity contribution in [2.45, 2.75) is 33.2 Å². The maximum atomic E-state index is 4.35. The van der Waals surface area contributed by atoms with Gasteiger partial charge in [-0.05, 0) is 30.2 Å². The molecule has 0 unspecified atom stereocenters. The summed E-state index contributed by atoms with van der Waals surface area (Å²) < 4.78 is 0. The van der Waals surface area contributed by atoms with Crippen LogP contribution in [0.25, 0.3) is 17.0 Å². The number of aromatic nitrogens is 1. The molecule has 2 rings (SSSR count). The van der Waals surface area contributed by atoms with Crippen LogP contribution in [-0.4, -0.2) is 17.6 Å². The van der Waals surface area contributed by atoms with Crippen molar-refractivity contribution in [2.75, 3.05) is 6.54 Å². The quantitative estimate of drug-likeness (QED) is 0.871. The van der Waals surface area contributed by atoms with Crippen LogP contribution < -0.4 is 5.32 Å². The molecule has 2 nitrogen and oxygen atoms in total. The number of hydrogen-bond acceptors (Lipinski definition) is 2. The van der Waals surface area contributed by atoms with Crippen LogP contribution in [0.15, 0.2) is 42.1 Å². The summed E-state index contributed by atoms with van der Waals surface area (Å²) in [5.41, 5.74) is 3.73. The second-order valence-corrected chi connectivity index (χ2v) is 5.15. The molecular weight excluding hydrogens is 232 g/mol. The Balaban J connectivity index is 2.22. The molecular formula is C17H22N2. The highest BCUT2D eigenvalue weighted by Crippen LogP contribution is 2.16. The fourth-order valence-electron chi connectivity index (χ4n) is 2.03. The van der Waals surface area contributed by atoms with E-state index in [1.54, 1.807) is 0 Å². The van der Waals surface area contributed by atoms with Gasteiger partial charge in [-0.3, -0.25) is 4.98 Å². The zero-order valence-corrected chi connectivity index (χ0v) is 12.0. The maximum absolute atomic E-state index is 4.35. The van der Waals surface area contributed by atoms with Crippen molar-refractivity contribution in [3.8, 4) is 0 Å². The zero-order chi connectivity index (χ0) is 13.7. The van der Waals surface area contributed by atoms with Crippen molar-refractivity contribution >= 4 is 17.0 Å². The van der Waals surface area contributed by atoms with Gasteiger partial charge < -0.3 is 5.32 Å². The van der Waals surface area contributed by atoms with Gasteiger partial charge in [-0.1, -0.05) is 44.6 Å². The summed E-state index contributed by atoms with van der Waals surface area (Å²) in [5.74, 6) is 0. The topological polar surface area (TPSA) is 24.9 Å². The fourth-order valence-corrected chi connectivity index (χ4v) is 2.03. The summed E-state index contributed by atoms with van der Waals surface area (Å²) in [6, 6.07) is 11.0. The molecule has 0 fully saturated rings. The average Bonchev–Trinajstić information content (AvgIpc) is 2.43. The second-order valence-electron chi connectivity index (χ2n) is 5.15. The average molecular weight is 254 g/mol. The van der Waals surface area contributed by atoms with E-state index in [0.29, 0.717) is 6.04 Å². The Bertz CT molecular complexity index is 570. The number of rotatable bonds is 5. The van der Waals surface area contributed by atoms with Crippen LogP contribution in [0.3, 0.4) is 0 Å². The van der Waals surface area contributed by atoms with E-state index in [-0.39, 0.29) is 0 Å². The van der Waals surface area contributed by atoms with Crippen molar-refractivity contribution < 1.29 is 0 Å².